The van der Waals surface area contributed by atoms with Crippen LogP contribution < -0.4 is 5.73 Å². The average Bonchev–Trinajstić information content (AvgIpc) is 2.76. The highest BCUT2D eigenvalue weighted by Gasteiger charge is 2.11. The lowest BCUT2D eigenvalue weighted by molar-refractivity contribution is 0.380. The van der Waals surface area contributed by atoms with Crippen molar-refractivity contribution in [3.63, 3.8) is 0 Å². The number of nitrogens with zero attached hydrogens (tertiary/aromatic N) is 2. The summed E-state index contributed by atoms with van der Waals surface area (Å²) in [5.41, 5.74) is 5.93. The Kier molecular flexibility index (Phi) is 2.95. The molecule has 0 bridgehead atoms. The van der Waals surface area contributed by atoms with Gasteiger partial charge in [0.15, 0.2) is 9.84 Å². The molecule has 0 amide bonds. The zero-order chi connectivity index (χ0) is 12.5. The van der Waals surface area contributed by atoms with Crippen molar-refractivity contribution < 1.29 is 12.9 Å². The van der Waals surface area contributed by atoms with E-state index < -0.39 is 9.84 Å². The van der Waals surface area contributed by atoms with Gasteiger partial charge < -0.3 is 10.3 Å². The fraction of sp³-hybridized carbons (Fsp3) is 0.200. The van der Waals surface area contributed by atoms with Crippen molar-refractivity contribution in [2.24, 2.45) is 5.73 Å². The summed E-state index contributed by atoms with van der Waals surface area (Å²) in [6.07, 6.45) is 1.15. The van der Waals surface area contributed by atoms with Crippen molar-refractivity contribution >= 4 is 9.84 Å². The van der Waals surface area contributed by atoms with E-state index in [1.165, 1.54) is 12.1 Å². The molecule has 1 aromatic carbocycles. The molecule has 90 valence electrons. The summed E-state index contributed by atoms with van der Waals surface area (Å²) in [6.45, 7) is 0.152. The van der Waals surface area contributed by atoms with Crippen molar-refractivity contribution in [1.82, 2.24) is 10.1 Å². The van der Waals surface area contributed by atoms with Crippen LogP contribution in [0.2, 0.25) is 0 Å². The Balaban J connectivity index is 2.46. The van der Waals surface area contributed by atoms with Crippen molar-refractivity contribution in [2.75, 3.05) is 6.26 Å². The van der Waals surface area contributed by atoms with E-state index in [0.717, 1.165) is 6.26 Å². The Morgan fingerprint density at radius 2 is 2.18 bits per heavy atom. The molecule has 2 aromatic rings. The Bertz CT molecular complexity index is 634. The zero-order valence-corrected chi connectivity index (χ0v) is 9.94. The normalized spacial score (nSPS) is 11.6. The number of aromatic nitrogens is 2. The van der Waals surface area contributed by atoms with Crippen LogP contribution in [0.25, 0.3) is 11.4 Å². The largest absolute Gasteiger partial charge is 0.338 e. The Morgan fingerprint density at radius 1 is 1.41 bits per heavy atom. The minimum absolute atomic E-state index is 0.152. The maximum absolute atomic E-state index is 11.4. The fourth-order valence-electron chi connectivity index (χ4n) is 1.32. The molecule has 2 N–H and O–H groups in total. The van der Waals surface area contributed by atoms with Gasteiger partial charge in [0.05, 0.1) is 11.4 Å². The van der Waals surface area contributed by atoms with Gasteiger partial charge >= 0.3 is 0 Å². The monoisotopic (exact) mass is 253 g/mol. The number of nitrogens with two attached hydrogens (primary N) is 1. The van der Waals surface area contributed by atoms with Crippen LogP contribution in [0, 0.1) is 0 Å². The molecule has 0 atom stereocenters. The smallest absolute Gasteiger partial charge is 0.240 e. The Hall–Kier alpha value is -1.73. The molecule has 0 spiro atoms. The number of hydrogen-bond acceptors (Lipinski definition) is 6. The first-order valence-electron chi connectivity index (χ1n) is 4.84. The number of benzene rings is 1. The Morgan fingerprint density at radius 3 is 2.76 bits per heavy atom. The lowest BCUT2D eigenvalue weighted by Crippen LogP contribution is -1.97. The molecule has 0 aliphatic rings. The first-order chi connectivity index (χ1) is 8.00. The van der Waals surface area contributed by atoms with Crippen LogP contribution >= 0.6 is 0 Å². The van der Waals surface area contributed by atoms with Gasteiger partial charge in [-0.05, 0) is 12.1 Å². The molecule has 0 aliphatic carbocycles. The van der Waals surface area contributed by atoms with Crippen LogP contribution in [0.4, 0.5) is 0 Å². The minimum atomic E-state index is -3.24. The van der Waals surface area contributed by atoms with E-state index in [0.29, 0.717) is 17.3 Å². The van der Waals surface area contributed by atoms with Crippen LogP contribution in [-0.2, 0) is 16.4 Å². The van der Waals surface area contributed by atoms with Crippen LogP contribution in [0.1, 0.15) is 5.89 Å². The van der Waals surface area contributed by atoms with Crippen molar-refractivity contribution in [3.05, 3.63) is 30.2 Å². The molecule has 0 radical (unpaired) electrons. The maximum Gasteiger partial charge on any atom is 0.240 e. The third kappa shape index (κ3) is 2.51. The minimum Gasteiger partial charge on any atom is -0.338 e. The molecule has 6 nitrogen and oxygen atoms in total. The number of hydrogen-bond donors (Lipinski definition) is 1. The van der Waals surface area contributed by atoms with Gasteiger partial charge in [0.2, 0.25) is 11.7 Å². The summed E-state index contributed by atoms with van der Waals surface area (Å²) >= 11 is 0. The highest BCUT2D eigenvalue weighted by atomic mass is 32.2. The quantitative estimate of drug-likeness (QED) is 0.859. The predicted octanol–water partition coefficient (Wildman–Crippen LogP) is 0.599. The van der Waals surface area contributed by atoms with Crippen LogP contribution in [-0.4, -0.2) is 24.8 Å². The summed E-state index contributed by atoms with van der Waals surface area (Å²) in [4.78, 5) is 4.24. The van der Waals surface area contributed by atoms with E-state index in [1.54, 1.807) is 12.1 Å². The van der Waals surface area contributed by atoms with E-state index in [-0.39, 0.29) is 11.4 Å². The number of rotatable bonds is 3. The molecular formula is C10H11N3O3S. The van der Waals surface area contributed by atoms with Crippen molar-refractivity contribution in [1.29, 1.82) is 0 Å². The maximum atomic E-state index is 11.4. The molecule has 2 rings (SSSR count). The third-order valence-corrected chi connectivity index (χ3v) is 3.27. The van der Waals surface area contributed by atoms with Gasteiger partial charge in [-0.3, -0.25) is 0 Å². The second-order valence-corrected chi connectivity index (χ2v) is 5.53. The second kappa shape index (κ2) is 4.27. The summed E-state index contributed by atoms with van der Waals surface area (Å²) in [5, 5.41) is 3.72. The molecule has 1 heterocycles. The highest BCUT2D eigenvalue weighted by molar-refractivity contribution is 7.90. The summed E-state index contributed by atoms with van der Waals surface area (Å²) in [5.74, 6) is 0.640. The molecule has 7 heteroatoms. The van der Waals surface area contributed by atoms with Crippen LogP contribution in [0.5, 0.6) is 0 Å². The fourth-order valence-corrected chi connectivity index (χ4v) is 1.99. The SMILES string of the molecule is CS(=O)(=O)c1cccc(-c2noc(CN)n2)c1. The lowest BCUT2D eigenvalue weighted by atomic mass is 10.2. The molecule has 0 aliphatic heterocycles. The molecule has 0 saturated carbocycles. The molecular weight excluding hydrogens is 242 g/mol. The van der Waals surface area contributed by atoms with Crippen molar-refractivity contribution in [2.45, 2.75) is 11.4 Å². The van der Waals surface area contributed by atoms with E-state index in [1.807, 2.05) is 0 Å². The van der Waals surface area contributed by atoms with E-state index >= 15 is 0 Å². The molecule has 0 fully saturated rings. The molecule has 0 saturated heterocycles. The molecule has 17 heavy (non-hydrogen) atoms. The molecule has 1 aromatic heterocycles. The second-order valence-electron chi connectivity index (χ2n) is 3.52. The van der Waals surface area contributed by atoms with Gasteiger partial charge in [-0.25, -0.2) is 8.42 Å². The molecule has 0 unspecified atom stereocenters. The third-order valence-electron chi connectivity index (χ3n) is 2.16. The van der Waals surface area contributed by atoms with Gasteiger partial charge in [-0.15, -0.1) is 0 Å². The lowest BCUT2D eigenvalue weighted by Gasteiger charge is -1.99. The Labute approximate surface area is 98.4 Å². The van der Waals surface area contributed by atoms with Crippen molar-refractivity contribution in [3.8, 4) is 11.4 Å². The summed E-state index contributed by atoms with van der Waals surface area (Å²) < 4.78 is 27.6. The number of sulfone groups is 1. The average molecular weight is 253 g/mol. The van der Waals surface area contributed by atoms with Gasteiger partial charge in [0.1, 0.15) is 0 Å². The summed E-state index contributed by atoms with van der Waals surface area (Å²) in [7, 11) is -3.24. The summed E-state index contributed by atoms with van der Waals surface area (Å²) in [6, 6.07) is 6.35. The first kappa shape index (κ1) is 11.7. The van der Waals surface area contributed by atoms with E-state index in [9.17, 15) is 8.42 Å². The van der Waals surface area contributed by atoms with Crippen LogP contribution in [0.3, 0.4) is 0 Å². The predicted molar refractivity (Wildman–Crippen MR) is 60.7 cm³/mol. The highest BCUT2D eigenvalue weighted by Crippen LogP contribution is 2.19. The van der Waals surface area contributed by atoms with Gasteiger partial charge in [0.25, 0.3) is 0 Å². The topological polar surface area (TPSA) is 99.1 Å². The first-order valence-corrected chi connectivity index (χ1v) is 6.73. The zero-order valence-electron chi connectivity index (χ0n) is 9.12. The van der Waals surface area contributed by atoms with Crippen LogP contribution in [0.15, 0.2) is 33.7 Å². The standard InChI is InChI=1S/C10H11N3O3S/c1-17(14,15)8-4-2-3-7(5-8)10-12-9(6-11)16-13-10/h2-5H,6,11H2,1H3. The van der Waals surface area contributed by atoms with Gasteiger partial charge in [-0.1, -0.05) is 17.3 Å². The van der Waals surface area contributed by atoms with E-state index in [4.69, 9.17) is 10.3 Å². The van der Waals surface area contributed by atoms with Gasteiger partial charge in [0, 0.05) is 11.8 Å². The van der Waals surface area contributed by atoms with E-state index in [2.05, 4.69) is 10.1 Å². The van der Waals surface area contributed by atoms with Gasteiger partial charge in [-0.2, -0.15) is 4.98 Å².